The van der Waals surface area contributed by atoms with E-state index in [0.29, 0.717) is 6.54 Å². The number of hydrogen-bond donors (Lipinski definition) is 1. The monoisotopic (exact) mass is 326 g/mol. The van der Waals surface area contributed by atoms with Crippen LogP contribution in [-0.2, 0) is 6.42 Å². The van der Waals surface area contributed by atoms with Crippen LogP contribution in [0.3, 0.4) is 0 Å². The van der Waals surface area contributed by atoms with Gasteiger partial charge in [-0.2, -0.15) is 0 Å². The smallest absolute Gasteiger partial charge is 0.122 e. The van der Waals surface area contributed by atoms with Crippen molar-refractivity contribution in [3.63, 3.8) is 0 Å². The van der Waals surface area contributed by atoms with Gasteiger partial charge in [-0.25, -0.2) is 0 Å². The molecular formula is C15H23BrN2O. The van der Waals surface area contributed by atoms with Crippen molar-refractivity contribution >= 4 is 15.9 Å². The van der Waals surface area contributed by atoms with Crippen LogP contribution in [0.4, 0.5) is 0 Å². The van der Waals surface area contributed by atoms with E-state index in [0.717, 1.165) is 29.8 Å². The van der Waals surface area contributed by atoms with Crippen LogP contribution in [0, 0.1) is 0 Å². The summed E-state index contributed by atoms with van der Waals surface area (Å²) >= 11 is 3.49. The molecule has 0 saturated carbocycles. The second-order valence-electron chi connectivity index (χ2n) is 5.04. The zero-order valence-electron chi connectivity index (χ0n) is 11.4. The summed E-state index contributed by atoms with van der Waals surface area (Å²) in [5, 5.41) is 0. The minimum atomic E-state index is 0.652. The lowest BCUT2D eigenvalue weighted by atomic mass is 10.1. The molecule has 1 aromatic carbocycles. The first kappa shape index (κ1) is 14.8. The van der Waals surface area contributed by atoms with Gasteiger partial charge in [-0.05, 0) is 62.7 Å². The molecule has 2 N–H and O–H groups in total. The first-order chi connectivity index (χ1) is 9.29. The molecule has 1 aliphatic rings. The Morgan fingerprint density at radius 2 is 2.00 bits per heavy atom. The van der Waals surface area contributed by atoms with Gasteiger partial charge in [0, 0.05) is 11.0 Å². The van der Waals surface area contributed by atoms with E-state index in [4.69, 9.17) is 10.5 Å². The fraction of sp³-hybridized carbons (Fsp3) is 0.600. The average Bonchev–Trinajstić information content (AvgIpc) is 2.43. The Morgan fingerprint density at radius 3 is 2.74 bits per heavy atom. The number of nitrogens with zero attached hydrogens (tertiary/aromatic N) is 1. The Morgan fingerprint density at radius 1 is 1.21 bits per heavy atom. The highest BCUT2D eigenvalue weighted by atomic mass is 79.9. The molecule has 0 spiro atoms. The lowest BCUT2D eigenvalue weighted by Crippen LogP contribution is -2.33. The van der Waals surface area contributed by atoms with Crippen molar-refractivity contribution in [1.82, 2.24) is 4.90 Å². The van der Waals surface area contributed by atoms with Crippen molar-refractivity contribution in [3.8, 4) is 5.75 Å². The van der Waals surface area contributed by atoms with Crippen molar-refractivity contribution < 1.29 is 4.74 Å². The third kappa shape index (κ3) is 4.79. The summed E-state index contributed by atoms with van der Waals surface area (Å²) in [6, 6.07) is 6.16. The molecular weight excluding hydrogens is 304 g/mol. The van der Waals surface area contributed by atoms with E-state index in [1.54, 1.807) is 0 Å². The molecule has 4 heteroatoms. The van der Waals surface area contributed by atoms with Crippen LogP contribution in [0.2, 0.25) is 0 Å². The normalized spacial score (nSPS) is 16.5. The van der Waals surface area contributed by atoms with E-state index >= 15 is 0 Å². The first-order valence-corrected chi connectivity index (χ1v) is 7.92. The summed E-state index contributed by atoms with van der Waals surface area (Å²) in [6.07, 6.45) is 4.90. The summed E-state index contributed by atoms with van der Waals surface area (Å²) in [5.41, 5.74) is 6.84. The molecule has 0 aliphatic carbocycles. The standard InChI is InChI=1S/C15H23BrN2O/c16-14-4-5-15(13(12-14)6-7-17)19-11-10-18-8-2-1-3-9-18/h4-5,12H,1-3,6-11,17H2. The third-order valence-corrected chi connectivity index (χ3v) is 4.04. The maximum Gasteiger partial charge on any atom is 0.122 e. The molecule has 1 aromatic rings. The molecule has 106 valence electrons. The molecule has 0 radical (unpaired) electrons. The number of hydrogen-bond acceptors (Lipinski definition) is 3. The molecule has 1 aliphatic heterocycles. The van der Waals surface area contributed by atoms with Gasteiger partial charge in [0.1, 0.15) is 12.4 Å². The Bertz CT molecular complexity index is 392. The Balaban J connectivity index is 1.84. The summed E-state index contributed by atoms with van der Waals surface area (Å²) < 4.78 is 7.01. The predicted molar refractivity (Wildman–Crippen MR) is 82.7 cm³/mol. The van der Waals surface area contributed by atoms with Gasteiger partial charge < -0.3 is 10.5 Å². The molecule has 0 amide bonds. The van der Waals surface area contributed by atoms with Crippen LogP contribution in [0.5, 0.6) is 5.75 Å². The molecule has 1 fully saturated rings. The number of benzene rings is 1. The fourth-order valence-electron chi connectivity index (χ4n) is 2.51. The van der Waals surface area contributed by atoms with Crippen LogP contribution in [0.25, 0.3) is 0 Å². The van der Waals surface area contributed by atoms with E-state index in [2.05, 4.69) is 26.9 Å². The average molecular weight is 327 g/mol. The van der Waals surface area contributed by atoms with Gasteiger partial charge in [0.15, 0.2) is 0 Å². The topological polar surface area (TPSA) is 38.5 Å². The summed E-state index contributed by atoms with van der Waals surface area (Å²) in [4.78, 5) is 2.49. The Kier molecular flexibility index (Phi) is 6.14. The third-order valence-electron chi connectivity index (χ3n) is 3.55. The SMILES string of the molecule is NCCc1cc(Br)ccc1OCCN1CCCCC1. The predicted octanol–water partition coefficient (Wildman–Crippen LogP) is 2.82. The molecule has 0 unspecified atom stereocenters. The van der Waals surface area contributed by atoms with E-state index in [-0.39, 0.29) is 0 Å². The van der Waals surface area contributed by atoms with Crippen molar-refractivity contribution in [2.45, 2.75) is 25.7 Å². The highest BCUT2D eigenvalue weighted by molar-refractivity contribution is 9.10. The lowest BCUT2D eigenvalue weighted by Gasteiger charge is -2.26. The van der Waals surface area contributed by atoms with Gasteiger partial charge in [0.05, 0.1) is 0 Å². The summed E-state index contributed by atoms with van der Waals surface area (Å²) in [6.45, 7) is 4.88. The highest BCUT2D eigenvalue weighted by Gasteiger charge is 2.10. The Hall–Kier alpha value is -0.580. The Labute approximate surface area is 124 Å². The maximum atomic E-state index is 5.93. The second-order valence-corrected chi connectivity index (χ2v) is 5.96. The van der Waals surface area contributed by atoms with E-state index in [1.807, 2.05) is 12.1 Å². The number of rotatable bonds is 6. The van der Waals surface area contributed by atoms with Crippen LogP contribution >= 0.6 is 15.9 Å². The number of ether oxygens (including phenoxy) is 1. The number of nitrogens with two attached hydrogens (primary N) is 1. The maximum absolute atomic E-state index is 5.93. The number of piperidine rings is 1. The molecule has 2 rings (SSSR count). The molecule has 19 heavy (non-hydrogen) atoms. The second kappa shape index (κ2) is 7.88. The summed E-state index contributed by atoms with van der Waals surface area (Å²) in [7, 11) is 0. The minimum absolute atomic E-state index is 0.652. The molecule has 0 aromatic heterocycles. The largest absolute Gasteiger partial charge is 0.492 e. The summed E-state index contributed by atoms with van der Waals surface area (Å²) in [5.74, 6) is 0.977. The molecule has 1 heterocycles. The van der Waals surface area contributed by atoms with Gasteiger partial charge >= 0.3 is 0 Å². The van der Waals surface area contributed by atoms with Gasteiger partial charge in [-0.1, -0.05) is 22.4 Å². The van der Waals surface area contributed by atoms with Gasteiger partial charge in [0.2, 0.25) is 0 Å². The fourth-order valence-corrected chi connectivity index (χ4v) is 2.92. The van der Waals surface area contributed by atoms with Crippen molar-refractivity contribution in [2.75, 3.05) is 32.8 Å². The van der Waals surface area contributed by atoms with Crippen molar-refractivity contribution in [1.29, 1.82) is 0 Å². The lowest BCUT2D eigenvalue weighted by molar-refractivity contribution is 0.183. The highest BCUT2D eigenvalue weighted by Crippen LogP contribution is 2.23. The first-order valence-electron chi connectivity index (χ1n) is 7.13. The molecule has 1 saturated heterocycles. The number of halogens is 1. The van der Waals surface area contributed by atoms with Crippen LogP contribution in [-0.4, -0.2) is 37.7 Å². The zero-order chi connectivity index (χ0) is 13.5. The van der Waals surface area contributed by atoms with E-state index in [9.17, 15) is 0 Å². The van der Waals surface area contributed by atoms with Crippen LogP contribution in [0.1, 0.15) is 24.8 Å². The van der Waals surface area contributed by atoms with Crippen LogP contribution in [0.15, 0.2) is 22.7 Å². The van der Waals surface area contributed by atoms with Crippen molar-refractivity contribution in [3.05, 3.63) is 28.2 Å². The van der Waals surface area contributed by atoms with Crippen LogP contribution < -0.4 is 10.5 Å². The van der Waals surface area contributed by atoms with Gasteiger partial charge in [0.25, 0.3) is 0 Å². The molecule has 0 atom stereocenters. The molecule has 0 bridgehead atoms. The van der Waals surface area contributed by atoms with E-state index in [1.165, 1.54) is 37.9 Å². The number of likely N-dealkylation sites (tertiary alicyclic amines) is 1. The zero-order valence-corrected chi connectivity index (χ0v) is 13.0. The van der Waals surface area contributed by atoms with Crippen molar-refractivity contribution in [2.24, 2.45) is 5.73 Å². The van der Waals surface area contributed by atoms with Gasteiger partial charge in [-0.3, -0.25) is 4.90 Å². The molecule has 3 nitrogen and oxygen atoms in total. The van der Waals surface area contributed by atoms with Gasteiger partial charge in [-0.15, -0.1) is 0 Å². The van der Waals surface area contributed by atoms with E-state index < -0.39 is 0 Å². The minimum Gasteiger partial charge on any atom is -0.492 e. The quantitative estimate of drug-likeness (QED) is 0.873.